The Bertz CT molecular complexity index is 284. The molecule has 1 heterocycles. The van der Waals surface area contributed by atoms with Crippen LogP contribution in [0, 0.1) is 0 Å². The van der Waals surface area contributed by atoms with Crippen LogP contribution in [0.4, 0.5) is 0 Å². The molecule has 0 aromatic rings. The molecule has 2 N–H and O–H groups in total. The van der Waals surface area contributed by atoms with Crippen molar-refractivity contribution in [3.63, 3.8) is 0 Å². The first-order valence-corrected chi connectivity index (χ1v) is 4.83. The molecule has 0 aromatic carbocycles. The fraction of sp³-hybridized carbons (Fsp3) is 0.600. The van der Waals surface area contributed by atoms with Crippen molar-refractivity contribution in [1.29, 1.82) is 0 Å². The van der Waals surface area contributed by atoms with Crippen molar-refractivity contribution in [2.45, 2.75) is 6.92 Å². The van der Waals surface area contributed by atoms with E-state index >= 15 is 0 Å². The SMILES string of the molecule is CCOS(=O)(=O)C1=CN(C)NN1. The summed E-state index contributed by atoms with van der Waals surface area (Å²) < 4.78 is 26.9. The van der Waals surface area contributed by atoms with E-state index in [1.165, 1.54) is 11.2 Å². The lowest BCUT2D eigenvalue weighted by molar-refractivity contribution is 0.323. The Morgan fingerprint density at radius 2 is 2.33 bits per heavy atom. The van der Waals surface area contributed by atoms with Gasteiger partial charge in [-0.15, -0.1) is 5.53 Å². The number of nitrogens with one attached hydrogen (secondary N) is 2. The monoisotopic (exact) mass is 193 g/mol. The Morgan fingerprint density at radius 1 is 1.67 bits per heavy atom. The first-order chi connectivity index (χ1) is 5.56. The summed E-state index contributed by atoms with van der Waals surface area (Å²) in [5.74, 6) is 0. The topological polar surface area (TPSA) is 70.7 Å². The molecule has 0 bridgehead atoms. The van der Waals surface area contributed by atoms with E-state index in [0.29, 0.717) is 0 Å². The zero-order valence-electron chi connectivity index (χ0n) is 6.86. The van der Waals surface area contributed by atoms with Crippen LogP contribution in [0.25, 0.3) is 0 Å². The van der Waals surface area contributed by atoms with Gasteiger partial charge in [0.2, 0.25) is 0 Å². The molecule has 1 aliphatic heterocycles. The minimum absolute atomic E-state index is 0.0202. The molecule has 70 valence electrons. The second-order valence-corrected chi connectivity index (χ2v) is 3.79. The lowest BCUT2D eigenvalue weighted by Crippen LogP contribution is -2.34. The van der Waals surface area contributed by atoms with Crippen molar-refractivity contribution in [3.8, 4) is 0 Å². The van der Waals surface area contributed by atoms with Gasteiger partial charge in [-0.25, -0.2) is 0 Å². The standard InChI is InChI=1S/C5H11N3O3S/c1-3-11-12(9,10)5-4-8(2)7-6-5/h4,6-7H,3H2,1-2H3. The summed E-state index contributed by atoms with van der Waals surface area (Å²) in [7, 11) is -1.93. The van der Waals surface area contributed by atoms with E-state index < -0.39 is 10.1 Å². The summed E-state index contributed by atoms with van der Waals surface area (Å²) >= 11 is 0. The van der Waals surface area contributed by atoms with Gasteiger partial charge in [-0.3, -0.25) is 14.6 Å². The second-order valence-electron chi connectivity index (χ2n) is 2.20. The Hall–Kier alpha value is -0.790. The molecule has 0 aliphatic carbocycles. The van der Waals surface area contributed by atoms with Gasteiger partial charge in [0.1, 0.15) is 0 Å². The van der Waals surface area contributed by atoms with E-state index in [1.54, 1.807) is 14.0 Å². The highest BCUT2D eigenvalue weighted by atomic mass is 32.2. The number of rotatable bonds is 3. The van der Waals surface area contributed by atoms with Gasteiger partial charge in [0.05, 0.1) is 12.8 Å². The van der Waals surface area contributed by atoms with Crippen LogP contribution in [0.5, 0.6) is 0 Å². The molecule has 0 amide bonds. The van der Waals surface area contributed by atoms with Crippen LogP contribution in [0.15, 0.2) is 11.2 Å². The molecule has 0 fully saturated rings. The number of hydrogen-bond acceptors (Lipinski definition) is 6. The van der Waals surface area contributed by atoms with E-state index in [-0.39, 0.29) is 11.6 Å². The van der Waals surface area contributed by atoms with Gasteiger partial charge in [-0.05, 0) is 6.92 Å². The van der Waals surface area contributed by atoms with Crippen LogP contribution in [0.2, 0.25) is 0 Å². The fourth-order valence-corrected chi connectivity index (χ4v) is 1.62. The van der Waals surface area contributed by atoms with Crippen LogP contribution in [0.1, 0.15) is 6.92 Å². The molecule has 12 heavy (non-hydrogen) atoms. The Morgan fingerprint density at radius 3 is 2.75 bits per heavy atom. The van der Waals surface area contributed by atoms with Crippen LogP contribution in [0.3, 0.4) is 0 Å². The normalized spacial score (nSPS) is 17.5. The predicted octanol–water partition coefficient (Wildman–Crippen LogP) is -0.894. The highest BCUT2D eigenvalue weighted by Gasteiger charge is 2.22. The van der Waals surface area contributed by atoms with Crippen molar-refractivity contribution >= 4 is 10.1 Å². The summed E-state index contributed by atoms with van der Waals surface area (Å²) in [6.07, 6.45) is 1.39. The highest BCUT2D eigenvalue weighted by molar-refractivity contribution is 7.90. The summed E-state index contributed by atoms with van der Waals surface area (Å²) in [5.41, 5.74) is 5.02. The average molecular weight is 193 g/mol. The summed E-state index contributed by atoms with van der Waals surface area (Å²) in [6, 6.07) is 0. The van der Waals surface area contributed by atoms with Gasteiger partial charge in [0.25, 0.3) is 0 Å². The quantitative estimate of drug-likeness (QED) is 0.566. The molecular formula is C5H11N3O3S. The number of hydrogen-bond donors (Lipinski definition) is 2. The van der Waals surface area contributed by atoms with Gasteiger partial charge < -0.3 is 0 Å². The molecule has 1 aliphatic rings. The summed E-state index contributed by atoms with van der Waals surface area (Å²) in [4.78, 5) is 0. The van der Waals surface area contributed by atoms with Crippen molar-refractivity contribution in [3.05, 3.63) is 11.2 Å². The van der Waals surface area contributed by atoms with E-state index in [1.807, 2.05) is 0 Å². The lowest BCUT2D eigenvalue weighted by Gasteiger charge is -2.05. The number of hydrazine groups is 2. The highest BCUT2D eigenvalue weighted by Crippen LogP contribution is 2.08. The van der Waals surface area contributed by atoms with E-state index in [2.05, 4.69) is 15.1 Å². The summed E-state index contributed by atoms with van der Waals surface area (Å²) in [6.45, 7) is 1.75. The third kappa shape index (κ3) is 1.87. The van der Waals surface area contributed by atoms with Gasteiger partial charge in [-0.1, -0.05) is 0 Å². The first-order valence-electron chi connectivity index (χ1n) is 3.42. The van der Waals surface area contributed by atoms with Gasteiger partial charge in [0.15, 0.2) is 5.03 Å². The van der Waals surface area contributed by atoms with Gasteiger partial charge in [-0.2, -0.15) is 8.42 Å². The Kier molecular flexibility index (Phi) is 2.55. The van der Waals surface area contributed by atoms with Crippen molar-refractivity contribution in [2.75, 3.05) is 13.7 Å². The first kappa shape index (κ1) is 9.30. The Balaban J connectivity index is 2.77. The molecule has 0 spiro atoms. The van der Waals surface area contributed by atoms with Crippen LogP contribution < -0.4 is 11.0 Å². The second kappa shape index (κ2) is 3.30. The zero-order valence-corrected chi connectivity index (χ0v) is 7.68. The molecule has 0 radical (unpaired) electrons. The molecule has 0 saturated heterocycles. The largest absolute Gasteiger partial charge is 0.315 e. The Labute approximate surface area is 71.3 Å². The molecule has 0 aromatic heterocycles. The zero-order chi connectivity index (χ0) is 9.19. The maximum atomic E-state index is 11.2. The smallest absolute Gasteiger partial charge is 0.298 e. The lowest BCUT2D eigenvalue weighted by atomic mass is 10.9. The molecule has 0 unspecified atom stereocenters. The van der Waals surface area contributed by atoms with Crippen LogP contribution >= 0.6 is 0 Å². The van der Waals surface area contributed by atoms with E-state index in [9.17, 15) is 8.42 Å². The van der Waals surface area contributed by atoms with Crippen LogP contribution in [-0.4, -0.2) is 27.1 Å². The van der Waals surface area contributed by atoms with Crippen molar-refractivity contribution in [2.24, 2.45) is 0 Å². The minimum atomic E-state index is -3.60. The third-order valence-electron chi connectivity index (χ3n) is 1.21. The van der Waals surface area contributed by atoms with Crippen molar-refractivity contribution < 1.29 is 12.6 Å². The molecule has 1 rings (SSSR count). The molecular weight excluding hydrogens is 182 g/mol. The molecule has 7 heteroatoms. The van der Waals surface area contributed by atoms with Gasteiger partial charge >= 0.3 is 10.1 Å². The van der Waals surface area contributed by atoms with Crippen LogP contribution in [-0.2, 0) is 14.3 Å². The molecule has 0 saturated carbocycles. The maximum absolute atomic E-state index is 11.2. The van der Waals surface area contributed by atoms with Gasteiger partial charge in [0, 0.05) is 7.05 Å². The van der Waals surface area contributed by atoms with Crippen molar-refractivity contribution in [1.82, 2.24) is 16.0 Å². The van der Waals surface area contributed by atoms with E-state index in [4.69, 9.17) is 0 Å². The fourth-order valence-electron chi connectivity index (χ4n) is 0.729. The summed E-state index contributed by atoms with van der Waals surface area (Å²) in [5, 5.41) is 1.50. The molecule has 0 atom stereocenters. The average Bonchev–Trinajstić information content (AvgIpc) is 2.36. The third-order valence-corrected chi connectivity index (χ3v) is 2.50. The maximum Gasteiger partial charge on any atom is 0.315 e. The minimum Gasteiger partial charge on any atom is -0.298 e. The number of nitrogens with zero attached hydrogens (tertiary/aromatic N) is 1. The molecule has 6 nitrogen and oxygen atoms in total. The van der Waals surface area contributed by atoms with E-state index in [0.717, 1.165) is 0 Å². The predicted molar refractivity (Wildman–Crippen MR) is 42.7 cm³/mol.